The summed E-state index contributed by atoms with van der Waals surface area (Å²) in [6.45, 7) is 1.75. The molecule has 1 atom stereocenters. The van der Waals surface area contributed by atoms with Crippen molar-refractivity contribution in [3.8, 4) is 0 Å². The monoisotopic (exact) mass is 430 g/mol. The molecule has 1 aliphatic carbocycles. The molecule has 0 bridgehead atoms. The third kappa shape index (κ3) is 6.69. The second kappa shape index (κ2) is 11.1. The van der Waals surface area contributed by atoms with Gasteiger partial charge < -0.3 is 25.6 Å². The summed E-state index contributed by atoms with van der Waals surface area (Å²) in [7, 11) is 1.55. The van der Waals surface area contributed by atoms with Crippen LogP contribution >= 0.6 is 0 Å². The highest BCUT2D eigenvalue weighted by Gasteiger charge is 2.33. The zero-order valence-corrected chi connectivity index (χ0v) is 18.3. The minimum atomic E-state index is -0.533. The molecule has 8 nitrogen and oxygen atoms in total. The van der Waals surface area contributed by atoms with E-state index in [2.05, 4.69) is 5.32 Å². The summed E-state index contributed by atoms with van der Waals surface area (Å²) < 4.78 is 5.24. The maximum atomic E-state index is 12.5. The number of likely N-dealkylation sites (N-methyl/N-ethyl adjacent to an activating group) is 1. The molecule has 1 heterocycles. The highest BCUT2D eigenvalue weighted by molar-refractivity contribution is 5.83. The highest BCUT2D eigenvalue weighted by atomic mass is 16.6. The van der Waals surface area contributed by atoms with E-state index in [4.69, 9.17) is 10.5 Å². The van der Waals surface area contributed by atoms with Crippen LogP contribution in [0.15, 0.2) is 30.3 Å². The molecule has 2 aliphatic rings. The summed E-state index contributed by atoms with van der Waals surface area (Å²) >= 11 is 0. The fraction of sp³-hybridized carbons (Fsp3) is 0.609. The highest BCUT2D eigenvalue weighted by Crippen LogP contribution is 2.27. The summed E-state index contributed by atoms with van der Waals surface area (Å²) in [5, 5.41) is 3.00. The van der Waals surface area contributed by atoms with Gasteiger partial charge in [-0.25, -0.2) is 4.79 Å². The van der Waals surface area contributed by atoms with Crippen LogP contribution < -0.4 is 11.1 Å². The molecule has 170 valence electrons. The average molecular weight is 431 g/mol. The van der Waals surface area contributed by atoms with E-state index in [0.717, 1.165) is 57.2 Å². The zero-order chi connectivity index (χ0) is 22.2. The number of ether oxygens (including phenoxy) is 1. The second-order valence-corrected chi connectivity index (χ2v) is 8.63. The molecule has 3 amide bonds. The number of carbonyl (C=O) groups excluding carboxylic acids is 3. The second-order valence-electron chi connectivity index (χ2n) is 8.63. The van der Waals surface area contributed by atoms with Crippen molar-refractivity contribution >= 4 is 17.9 Å². The van der Waals surface area contributed by atoms with Gasteiger partial charge in [-0.3, -0.25) is 9.59 Å². The first-order valence-electron chi connectivity index (χ1n) is 11.2. The van der Waals surface area contributed by atoms with Crippen LogP contribution in [0.1, 0.15) is 44.1 Å². The van der Waals surface area contributed by atoms with Crippen LogP contribution in [0.2, 0.25) is 0 Å². The van der Waals surface area contributed by atoms with Crippen LogP contribution in [0.3, 0.4) is 0 Å². The summed E-state index contributed by atoms with van der Waals surface area (Å²) in [6, 6.07) is 9.01. The normalized spacial score (nSPS) is 21.9. The molecule has 0 spiro atoms. The Bertz CT molecular complexity index is 743. The van der Waals surface area contributed by atoms with Gasteiger partial charge in [0.2, 0.25) is 11.8 Å². The third-order valence-electron chi connectivity index (χ3n) is 6.25. The number of hydrogen-bond donors (Lipinski definition) is 2. The zero-order valence-electron chi connectivity index (χ0n) is 18.3. The Labute approximate surface area is 184 Å². The van der Waals surface area contributed by atoms with E-state index in [9.17, 15) is 14.4 Å². The van der Waals surface area contributed by atoms with Crippen molar-refractivity contribution < 1.29 is 19.1 Å². The molecule has 1 unspecified atom stereocenters. The van der Waals surface area contributed by atoms with Gasteiger partial charge in [0, 0.05) is 26.2 Å². The van der Waals surface area contributed by atoms with Crippen molar-refractivity contribution in [3.05, 3.63) is 35.9 Å². The molecule has 31 heavy (non-hydrogen) atoms. The van der Waals surface area contributed by atoms with Crippen molar-refractivity contribution in [2.24, 2.45) is 11.7 Å². The molecule has 0 radical (unpaired) electrons. The summed E-state index contributed by atoms with van der Waals surface area (Å²) in [5.41, 5.74) is 7.15. The van der Waals surface area contributed by atoms with E-state index in [0.29, 0.717) is 0 Å². The molecule has 1 aromatic carbocycles. The fourth-order valence-corrected chi connectivity index (χ4v) is 4.36. The number of nitrogens with two attached hydrogens (primary N) is 1. The average Bonchev–Trinajstić information content (AvgIpc) is 3.32. The van der Waals surface area contributed by atoms with Crippen LogP contribution in [-0.2, 0) is 20.9 Å². The van der Waals surface area contributed by atoms with E-state index in [1.54, 1.807) is 7.05 Å². The quantitative estimate of drug-likeness (QED) is 0.687. The van der Waals surface area contributed by atoms with Crippen LogP contribution in [0.25, 0.3) is 0 Å². The van der Waals surface area contributed by atoms with E-state index >= 15 is 0 Å². The SMILES string of the molecule is CN(CC(=O)NC1CCC(C(N)C(=O)N2CCCC2)CC1)C(=O)OCc1ccccc1. The van der Waals surface area contributed by atoms with Gasteiger partial charge in [0.1, 0.15) is 13.2 Å². The summed E-state index contributed by atoms with van der Waals surface area (Å²) in [5.74, 6) is 0.0255. The first-order chi connectivity index (χ1) is 14.9. The topological polar surface area (TPSA) is 105 Å². The number of carbonyl (C=O) groups is 3. The lowest BCUT2D eigenvalue weighted by atomic mass is 9.81. The predicted octanol–water partition coefficient (Wildman–Crippen LogP) is 1.88. The molecule has 3 rings (SSSR count). The van der Waals surface area contributed by atoms with E-state index < -0.39 is 12.1 Å². The fourth-order valence-electron chi connectivity index (χ4n) is 4.36. The van der Waals surface area contributed by atoms with Crippen LogP contribution in [0.4, 0.5) is 4.79 Å². The Morgan fingerprint density at radius 1 is 1.13 bits per heavy atom. The lowest BCUT2D eigenvalue weighted by molar-refractivity contribution is -0.133. The Morgan fingerprint density at radius 2 is 1.77 bits per heavy atom. The molecule has 2 fully saturated rings. The summed E-state index contributed by atoms with van der Waals surface area (Å²) in [4.78, 5) is 40.1. The largest absolute Gasteiger partial charge is 0.445 e. The van der Waals surface area contributed by atoms with Gasteiger partial charge >= 0.3 is 6.09 Å². The molecule has 1 aromatic rings. The van der Waals surface area contributed by atoms with Gasteiger partial charge in [0.05, 0.1) is 6.04 Å². The number of nitrogens with one attached hydrogen (secondary N) is 1. The van der Waals surface area contributed by atoms with Crippen LogP contribution in [0.5, 0.6) is 0 Å². The lowest BCUT2D eigenvalue weighted by Crippen LogP contribution is -2.49. The van der Waals surface area contributed by atoms with Gasteiger partial charge in [0.15, 0.2) is 0 Å². The van der Waals surface area contributed by atoms with Crippen LogP contribution in [-0.4, -0.2) is 66.5 Å². The first-order valence-corrected chi connectivity index (χ1v) is 11.2. The molecular formula is C23H34N4O4. The number of amides is 3. The lowest BCUT2D eigenvalue weighted by Gasteiger charge is -2.33. The molecule has 1 saturated carbocycles. The van der Waals surface area contributed by atoms with Gasteiger partial charge in [-0.2, -0.15) is 0 Å². The smallest absolute Gasteiger partial charge is 0.410 e. The predicted molar refractivity (Wildman–Crippen MR) is 117 cm³/mol. The number of rotatable bonds is 7. The Kier molecular flexibility index (Phi) is 8.28. The standard InChI is InChI=1S/C23H34N4O4/c1-26(23(30)31-16-17-7-3-2-4-8-17)15-20(28)25-19-11-9-18(10-12-19)21(24)22(29)27-13-5-6-14-27/h2-4,7-8,18-19,21H,5-6,9-16,24H2,1H3,(H,25,28). The number of hydrogen-bond acceptors (Lipinski definition) is 5. The Morgan fingerprint density at radius 3 is 2.42 bits per heavy atom. The maximum Gasteiger partial charge on any atom is 0.410 e. The molecule has 1 aliphatic heterocycles. The Hall–Kier alpha value is -2.61. The van der Waals surface area contributed by atoms with Gasteiger partial charge in [0.25, 0.3) is 0 Å². The van der Waals surface area contributed by atoms with E-state index in [1.807, 2.05) is 35.2 Å². The maximum absolute atomic E-state index is 12.5. The molecular weight excluding hydrogens is 396 g/mol. The van der Waals surface area contributed by atoms with Crippen molar-refractivity contribution in [1.82, 2.24) is 15.1 Å². The minimum Gasteiger partial charge on any atom is -0.445 e. The Balaban J connectivity index is 1.35. The molecule has 0 aromatic heterocycles. The van der Waals surface area contributed by atoms with Crippen molar-refractivity contribution in [2.45, 2.75) is 57.2 Å². The number of likely N-dealkylation sites (tertiary alicyclic amines) is 1. The van der Waals surface area contributed by atoms with Crippen molar-refractivity contribution in [3.63, 3.8) is 0 Å². The molecule has 8 heteroatoms. The van der Waals surface area contributed by atoms with Gasteiger partial charge in [-0.1, -0.05) is 30.3 Å². The molecule has 3 N–H and O–H groups in total. The van der Waals surface area contributed by atoms with Crippen molar-refractivity contribution in [2.75, 3.05) is 26.7 Å². The van der Waals surface area contributed by atoms with Crippen LogP contribution in [0, 0.1) is 5.92 Å². The van der Waals surface area contributed by atoms with Crippen molar-refractivity contribution in [1.29, 1.82) is 0 Å². The number of nitrogens with zero attached hydrogens (tertiary/aromatic N) is 2. The van der Waals surface area contributed by atoms with E-state index in [1.165, 1.54) is 4.90 Å². The van der Waals surface area contributed by atoms with E-state index in [-0.39, 0.29) is 36.9 Å². The third-order valence-corrected chi connectivity index (χ3v) is 6.25. The molecule has 1 saturated heterocycles. The first kappa shape index (κ1) is 23.1. The van der Waals surface area contributed by atoms with Gasteiger partial charge in [-0.05, 0) is 50.0 Å². The minimum absolute atomic E-state index is 0.0478. The van der Waals surface area contributed by atoms with Gasteiger partial charge in [-0.15, -0.1) is 0 Å². The summed E-state index contributed by atoms with van der Waals surface area (Å²) in [6.07, 6.45) is 4.81. The number of benzene rings is 1.